The molecule has 1 aliphatic carbocycles. The van der Waals surface area contributed by atoms with Crippen molar-refractivity contribution in [3.63, 3.8) is 0 Å². The smallest absolute Gasteiger partial charge is 0.410 e. The number of ether oxygens (including phenoxy) is 2. The Morgan fingerprint density at radius 1 is 0.789 bits per heavy atom. The Hall–Kier alpha value is -5.97. The number of fused-ring (bicyclic) bond motifs is 3. The second-order valence-electron chi connectivity index (χ2n) is 15.3. The summed E-state index contributed by atoms with van der Waals surface area (Å²) in [4.78, 5) is 40.8. The van der Waals surface area contributed by atoms with Gasteiger partial charge in [0.1, 0.15) is 19.3 Å². The highest BCUT2D eigenvalue weighted by Gasteiger charge is 2.50. The van der Waals surface area contributed by atoms with Crippen molar-refractivity contribution in [1.82, 2.24) is 10.2 Å². The van der Waals surface area contributed by atoms with Crippen LogP contribution < -0.4 is 21.0 Å². The molecule has 0 heterocycles. The first-order chi connectivity index (χ1) is 27.4. The van der Waals surface area contributed by atoms with E-state index in [1.54, 1.807) is 14.0 Å². The van der Waals surface area contributed by atoms with Gasteiger partial charge in [0.15, 0.2) is 0 Å². The molecule has 0 bridgehead atoms. The maximum atomic E-state index is 13.5. The molecule has 10 heteroatoms. The van der Waals surface area contributed by atoms with Crippen LogP contribution in [0.4, 0.5) is 15.3 Å². The van der Waals surface area contributed by atoms with E-state index in [-0.39, 0.29) is 37.3 Å². The van der Waals surface area contributed by atoms with E-state index in [1.165, 1.54) is 11.0 Å². The van der Waals surface area contributed by atoms with E-state index < -0.39 is 32.5 Å². The Bertz CT molecular complexity index is 2120. The topological polar surface area (TPSA) is 106 Å². The maximum absolute atomic E-state index is 13.5. The molecule has 0 fully saturated rings. The van der Waals surface area contributed by atoms with Gasteiger partial charge < -0.3 is 29.4 Å². The van der Waals surface area contributed by atoms with Gasteiger partial charge in [0.25, 0.3) is 8.32 Å². The van der Waals surface area contributed by atoms with Crippen LogP contribution in [0.3, 0.4) is 0 Å². The summed E-state index contributed by atoms with van der Waals surface area (Å²) in [5.74, 6) is -0.526. The van der Waals surface area contributed by atoms with Crippen molar-refractivity contribution in [3.8, 4) is 11.1 Å². The molecule has 0 radical (unpaired) electrons. The van der Waals surface area contributed by atoms with Gasteiger partial charge in [-0.25, -0.2) is 9.59 Å². The fourth-order valence-electron chi connectivity index (χ4n) is 7.63. The molecule has 57 heavy (non-hydrogen) atoms. The number of anilines is 1. The number of carbonyl (C=O) groups is 3. The highest BCUT2D eigenvalue weighted by atomic mass is 28.4. The van der Waals surface area contributed by atoms with E-state index in [0.29, 0.717) is 5.69 Å². The third kappa shape index (κ3) is 9.03. The van der Waals surface area contributed by atoms with Gasteiger partial charge in [-0.15, -0.1) is 0 Å². The minimum atomic E-state index is -2.89. The van der Waals surface area contributed by atoms with Gasteiger partial charge in [0.2, 0.25) is 5.91 Å². The van der Waals surface area contributed by atoms with E-state index in [1.807, 2.05) is 78.9 Å². The fourth-order valence-corrected chi connectivity index (χ4v) is 12.2. The van der Waals surface area contributed by atoms with E-state index in [0.717, 1.165) is 43.8 Å². The number of alkyl carbamates (subject to hydrolysis) is 1. The highest BCUT2D eigenvalue weighted by Crippen LogP contribution is 2.44. The SMILES string of the molecule is C=CCOC(=O)N(C)Cc1cc(NC(=O)[C@H](C)NC(=O)OCC2c3ccccc3-c3ccccc32)ccc1CO[Si](c1ccccc1)(c1ccccc1)C(C)(C)C. The fraction of sp³-hybridized carbons (Fsp3) is 0.255. The summed E-state index contributed by atoms with van der Waals surface area (Å²) in [7, 11) is -1.24. The predicted octanol–water partition coefficient (Wildman–Crippen LogP) is 8.38. The van der Waals surface area contributed by atoms with Crippen LogP contribution in [-0.2, 0) is 31.8 Å². The molecule has 2 N–H and O–H groups in total. The molecule has 5 aromatic carbocycles. The molecule has 6 rings (SSSR count). The zero-order valence-corrected chi connectivity index (χ0v) is 34.3. The van der Waals surface area contributed by atoms with Gasteiger partial charge in [-0.3, -0.25) is 4.79 Å². The first-order valence-corrected chi connectivity index (χ1v) is 21.1. The Morgan fingerprint density at radius 3 is 1.91 bits per heavy atom. The molecule has 0 unspecified atom stereocenters. The van der Waals surface area contributed by atoms with Crippen LogP contribution in [0.25, 0.3) is 11.1 Å². The molecule has 0 saturated carbocycles. The Balaban J connectivity index is 1.19. The summed E-state index contributed by atoms with van der Waals surface area (Å²) in [6.45, 7) is 12.6. The first-order valence-electron chi connectivity index (χ1n) is 19.2. The second-order valence-corrected chi connectivity index (χ2v) is 19.6. The summed E-state index contributed by atoms with van der Waals surface area (Å²) in [5, 5.41) is 7.67. The van der Waals surface area contributed by atoms with Gasteiger partial charge >= 0.3 is 12.2 Å². The number of hydrogen-bond acceptors (Lipinski definition) is 6. The molecule has 5 aromatic rings. The minimum Gasteiger partial charge on any atom is -0.449 e. The van der Waals surface area contributed by atoms with Crippen molar-refractivity contribution in [3.05, 3.63) is 162 Å². The van der Waals surface area contributed by atoms with Crippen molar-refractivity contribution in [2.45, 2.75) is 57.8 Å². The van der Waals surface area contributed by atoms with Crippen molar-refractivity contribution in [2.75, 3.05) is 25.6 Å². The summed E-state index contributed by atoms with van der Waals surface area (Å²) < 4.78 is 18.2. The minimum absolute atomic E-state index is 0.0810. The standard InChI is InChI=1S/C47H51N3O6Si/c1-7-28-54-46(53)50(6)30-35-29-36(27-26-34(35)31-56-57(47(3,4)5,37-18-10-8-11-19-37)38-20-12-9-13-21-38)49-44(51)33(2)48-45(52)55-32-43-41-24-16-14-22-39(41)40-23-15-17-25-42(40)43/h7-27,29,33,43H,1,28,30-32H2,2-6H3,(H,48,52)(H,49,51)/t33-/m0/s1. The summed E-state index contributed by atoms with van der Waals surface area (Å²) in [5.41, 5.74) is 6.60. The summed E-state index contributed by atoms with van der Waals surface area (Å²) in [6.07, 6.45) is 0.322. The van der Waals surface area contributed by atoms with Crippen molar-refractivity contribution in [1.29, 1.82) is 0 Å². The lowest BCUT2D eigenvalue weighted by atomic mass is 9.98. The van der Waals surface area contributed by atoms with Gasteiger partial charge in [-0.05, 0) is 67.8 Å². The molecule has 0 aromatic heterocycles. The van der Waals surface area contributed by atoms with Crippen LogP contribution in [0.5, 0.6) is 0 Å². The molecular weight excluding hydrogens is 731 g/mol. The average Bonchev–Trinajstić information content (AvgIpc) is 3.53. The van der Waals surface area contributed by atoms with Crippen LogP contribution in [0.15, 0.2) is 140 Å². The predicted molar refractivity (Wildman–Crippen MR) is 228 cm³/mol. The van der Waals surface area contributed by atoms with Crippen LogP contribution >= 0.6 is 0 Å². The zero-order valence-electron chi connectivity index (χ0n) is 33.3. The number of benzene rings is 5. The summed E-state index contributed by atoms with van der Waals surface area (Å²) in [6, 6.07) is 41.7. The van der Waals surface area contributed by atoms with Gasteiger partial charge in [-0.2, -0.15) is 0 Å². The molecular formula is C47H51N3O6Si. The van der Waals surface area contributed by atoms with Crippen LogP contribution in [0.1, 0.15) is 55.9 Å². The molecule has 294 valence electrons. The molecule has 3 amide bonds. The number of amides is 3. The van der Waals surface area contributed by atoms with Crippen molar-refractivity contribution >= 4 is 42.5 Å². The van der Waals surface area contributed by atoms with E-state index in [9.17, 15) is 14.4 Å². The third-order valence-electron chi connectivity index (χ3n) is 10.4. The van der Waals surface area contributed by atoms with Crippen LogP contribution in [-0.4, -0.2) is 57.6 Å². The molecule has 0 aliphatic heterocycles. The quantitative estimate of drug-likeness (QED) is 0.0867. The van der Waals surface area contributed by atoms with Gasteiger partial charge in [-0.1, -0.05) is 149 Å². The Kier molecular flexibility index (Phi) is 12.8. The van der Waals surface area contributed by atoms with E-state index >= 15 is 0 Å². The molecule has 1 atom stereocenters. The number of hydrogen-bond donors (Lipinski definition) is 2. The normalized spacial score (nSPS) is 12.8. The van der Waals surface area contributed by atoms with E-state index in [4.69, 9.17) is 13.9 Å². The lowest BCUT2D eigenvalue weighted by Gasteiger charge is -2.43. The zero-order chi connectivity index (χ0) is 40.6. The molecule has 0 saturated heterocycles. The summed E-state index contributed by atoms with van der Waals surface area (Å²) >= 11 is 0. The molecule has 0 spiro atoms. The Morgan fingerprint density at radius 2 is 1.35 bits per heavy atom. The third-order valence-corrected chi connectivity index (χ3v) is 15.4. The van der Waals surface area contributed by atoms with Crippen LogP contribution in [0, 0.1) is 0 Å². The van der Waals surface area contributed by atoms with Gasteiger partial charge in [0.05, 0.1) is 6.61 Å². The monoisotopic (exact) mass is 781 g/mol. The lowest BCUT2D eigenvalue weighted by Crippen LogP contribution is -2.66. The average molecular weight is 782 g/mol. The number of nitrogens with one attached hydrogen (secondary N) is 2. The first kappa shape index (κ1) is 40.7. The van der Waals surface area contributed by atoms with Crippen LogP contribution in [0.2, 0.25) is 5.04 Å². The largest absolute Gasteiger partial charge is 0.449 e. The number of rotatable bonds is 14. The maximum Gasteiger partial charge on any atom is 0.410 e. The number of nitrogens with zero attached hydrogens (tertiary/aromatic N) is 1. The molecule has 9 nitrogen and oxygen atoms in total. The number of carbonyl (C=O) groups excluding carboxylic acids is 3. The second kappa shape index (κ2) is 17.9. The Labute approximate surface area is 336 Å². The highest BCUT2D eigenvalue weighted by molar-refractivity contribution is 6.99. The lowest BCUT2D eigenvalue weighted by molar-refractivity contribution is -0.117. The van der Waals surface area contributed by atoms with Crippen molar-refractivity contribution < 1.29 is 28.3 Å². The molecule has 1 aliphatic rings. The van der Waals surface area contributed by atoms with Crippen molar-refractivity contribution in [2.24, 2.45) is 0 Å². The van der Waals surface area contributed by atoms with Gasteiger partial charge in [0, 0.05) is 25.2 Å². The van der Waals surface area contributed by atoms with E-state index in [2.05, 4.69) is 86.5 Å².